The Morgan fingerprint density at radius 1 is 0.944 bits per heavy atom. The standard InChI is InChI=1S/C15H13NO2/c1-7-5-4-6-10-11-13(16-12(7)10)15(18)9(3)8(2)14(11)17/h4-6,16H,1-3H3. The largest absolute Gasteiger partial charge is 0.351 e. The normalized spacial score (nSPS) is 15.5. The molecule has 0 bridgehead atoms. The number of fused-ring (bicyclic) bond motifs is 3. The van der Waals surface area contributed by atoms with Crippen molar-refractivity contribution in [1.82, 2.24) is 4.98 Å². The van der Waals surface area contributed by atoms with Gasteiger partial charge >= 0.3 is 0 Å². The van der Waals surface area contributed by atoms with E-state index in [9.17, 15) is 9.59 Å². The van der Waals surface area contributed by atoms with Gasteiger partial charge in [-0.1, -0.05) is 18.2 Å². The van der Waals surface area contributed by atoms with Crippen LogP contribution in [0.5, 0.6) is 0 Å². The quantitative estimate of drug-likeness (QED) is 0.767. The average Bonchev–Trinajstić information content (AvgIpc) is 2.75. The number of aryl methyl sites for hydroxylation is 1. The molecule has 0 atom stereocenters. The van der Waals surface area contributed by atoms with Gasteiger partial charge in [-0.25, -0.2) is 0 Å². The molecule has 1 aromatic heterocycles. The van der Waals surface area contributed by atoms with Crippen LogP contribution in [0.2, 0.25) is 0 Å². The van der Waals surface area contributed by atoms with E-state index in [4.69, 9.17) is 0 Å². The maximum absolute atomic E-state index is 12.3. The van der Waals surface area contributed by atoms with Gasteiger partial charge in [0.05, 0.1) is 11.3 Å². The van der Waals surface area contributed by atoms with E-state index in [1.54, 1.807) is 13.8 Å². The lowest BCUT2D eigenvalue weighted by Gasteiger charge is -2.12. The molecule has 1 aromatic carbocycles. The molecule has 0 amide bonds. The van der Waals surface area contributed by atoms with Crippen molar-refractivity contribution in [3.05, 3.63) is 46.2 Å². The van der Waals surface area contributed by atoms with Gasteiger partial charge in [0.2, 0.25) is 5.78 Å². The van der Waals surface area contributed by atoms with Crippen molar-refractivity contribution in [1.29, 1.82) is 0 Å². The van der Waals surface area contributed by atoms with Crippen LogP contribution in [0.4, 0.5) is 0 Å². The topological polar surface area (TPSA) is 49.9 Å². The predicted molar refractivity (Wildman–Crippen MR) is 70.1 cm³/mol. The first-order valence-corrected chi connectivity index (χ1v) is 5.90. The Kier molecular flexibility index (Phi) is 2.08. The van der Waals surface area contributed by atoms with Gasteiger partial charge in [0.25, 0.3) is 0 Å². The Morgan fingerprint density at radius 3 is 2.33 bits per heavy atom. The second-order valence-electron chi connectivity index (χ2n) is 4.78. The summed E-state index contributed by atoms with van der Waals surface area (Å²) in [6, 6.07) is 5.76. The Balaban J connectivity index is 2.46. The summed E-state index contributed by atoms with van der Waals surface area (Å²) in [6.45, 7) is 5.39. The SMILES string of the molecule is CC1=C(C)C(=O)c2c([nH]c3c(C)cccc23)C1=O. The molecular formula is C15H13NO2. The minimum atomic E-state index is -0.0716. The van der Waals surface area contributed by atoms with Gasteiger partial charge in [-0.15, -0.1) is 0 Å². The molecule has 90 valence electrons. The van der Waals surface area contributed by atoms with Crippen LogP contribution in [0, 0.1) is 6.92 Å². The number of rotatable bonds is 0. The number of H-pyrrole nitrogens is 1. The molecule has 0 spiro atoms. The molecule has 3 heteroatoms. The number of aromatic nitrogens is 1. The fourth-order valence-electron chi connectivity index (χ4n) is 2.49. The van der Waals surface area contributed by atoms with Gasteiger partial charge < -0.3 is 4.98 Å². The lowest BCUT2D eigenvalue weighted by Crippen LogP contribution is -2.18. The van der Waals surface area contributed by atoms with E-state index < -0.39 is 0 Å². The average molecular weight is 239 g/mol. The molecule has 2 aromatic rings. The van der Waals surface area contributed by atoms with Crippen LogP contribution >= 0.6 is 0 Å². The third-order valence-electron chi connectivity index (χ3n) is 3.74. The summed E-state index contributed by atoms with van der Waals surface area (Å²) in [6.07, 6.45) is 0. The number of nitrogens with one attached hydrogen (secondary N) is 1. The maximum atomic E-state index is 12.3. The summed E-state index contributed by atoms with van der Waals surface area (Å²) in [4.78, 5) is 27.7. The van der Waals surface area contributed by atoms with E-state index in [1.807, 2.05) is 25.1 Å². The molecule has 0 saturated heterocycles. The summed E-state index contributed by atoms with van der Waals surface area (Å²) >= 11 is 0. The lowest BCUT2D eigenvalue weighted by atomic mass is 9.88. The summed E-state index contributed by atoms with van der Waals surface area (Å²) in [7, 11) is 0. The minimum Gasteiger partial charge on any atom is -0.351 e. The smallest absolute Gasteiger partial charge is 0.206 e. The lowest BCUT2D eigenvalue weighted by molar-refractivity contribution is 0.0973. The zero-order valence-electron chi connectivity index (χ0n) is 10.5. The summed E-state index contributed by atoms with van der Waals surface area (Å²) in [5.41, 5.74) is 3.98. The zero-order valence-corrected chi connectivity index (χ0v) is 10.5. The molecule has 1 N–H and O–H groups in total. The third-order valence-corrected chi connectivity index (χ3v) is 3.74. The molecule has 3 rings (SSSR count). The number of ketones is 2. The summed E-state index contributed by atoms with van der Waals surface area (Å²) < 4.78 is 0. The van der Waals surface area contributed by atoms with E-state index >= 15 is 0 Å². The van der Waals surface area contributed by atoms with Crippen LogP contribution in [0.3, 0.4) is 0 Å². The Morgan fingerprint density at radius 2 is 1.61 bits per heavy atom. The fourth-order valence-corrected chi connectivity index (χ4v) is 2.49. The first kappa shape index (κ1) is 11.0. The molecule has 0 saturated carbocycles. The molecule has 1 heterocycles. The Hall–Kier alpha value is -2.16. The van der Waals surface area contributed by atoms with Crippen LogP contribution in [0.15, 0.2) is 29.3 Å². The van der Waals surface area contributed by atoms with Gasteiger partial charge in [0.15, 0.2) is 5.78 Å². The number of benzene rings is 1. The van der Waals surface area contributed by atoms with Crippen molar-refractivity contribution in [2.45, 2.75) is 20.8 Å². The highest BCUT2D eigenvalue weighted by molar-refractivity contribution is 6.30. The number of aromatic amines is 1. The number of carbonyl (C=O) groups is 2. The summed E-state index contributed by atoms with van der Waals surface area (Å²) in [5.74, 6) is -0.114. The van der Waals surface area contributed by atoms with Gasteiger partial charge in [0.1, 0.15) is 0 Å². The number of hydrogen-bond donors (Lipinski definition) is 1. The first-order chi connectivity index (χ1) is 8.52. The van der Waals surface area contributed by atoms with E-state index in [2.05, 4.69) is 4.98 Å². The number of para-hydroxylation sites is 1. The zero-order chi connectivity index (χ0) is 13.0. The number of hydrogen-bond acceptors (Lipinski definition) is 2. The van der Waals surface area contributed by atoms with Crippen molar-refractivity contribution in [3.8, 4) is 0 Å². The highest BCUT2D eigenvalue weighted by Gasteiger charge is 2.31. The Labute approximate surface area is 105 Å². The van der Waals surface area contributed by atoms with Crippen molar-refractivity contribution in [3.63, 3.8) is 0 Å². The van der Waals surface area contributed by atoms with Gasteiger partial charge in [0, 0.05) is 22.0 Å². The molecule has 3 nitrogen and oxygen atoms in total. The molecule has 1 aliphatic rings. The van der Waals surface area contributed by atoms with E-state index in [1.165, 1.54) is 0 Å². The third kappa shape index (κ3) is 1.19. The molecule has 18 heavy (non-hydrogen) atoms. The first-order valence-electron chi connectivity index (χ1n) is 5.90. The van der Waals surface area contributed by atoms with Crippen LogP contribution < -0.4 is 0 Å². The highest BCUT2D eigenvalue weighted by atomic mass is 16.1. The van der Waals surface area contributed by atoms with Crippen LogP contribution in [-0.4, -0.2) is 16.6 Å². The second-order valence-corrected chi connectivity index (χ2v) is 4.78. The Bertz CT molecular complexity index is 747. The number of Topliss-reactive ketones (excluding diaryl/α,β-unsaturated/α-hetero) is 2. The maximum Gasteiger partial charge on any atom is 0.206 e. The van der Waals surface area contributed by atoms with Crippen LogP contribution in [0.1, 0.15) is 40.3 Å². The van der Waals surface area contributed by atoms with E-state index in [0.717, 1.165) is 16.5 Å². The van der Waals surface area contributed by atoms with Crippen molar-refractivity contribution in [2.24, 2.45) is 0 Å². The molecule has 0 aliphatic heterocycles. The minimum absolute atomic E-state index is 0.0426. The van der Waals surface area contributed by atoms with Gasteiger partial charge in [-0.2, -0.15) is 0 Å². The van der Waals surface area contributed by atoms with Crippen LogP contribution in [0.25, 0.3) is 10.9 Å². The highest BCUT2D eigenvalue weighted by Crippen LogP contribution is 2.32. The number of carbonyl (C=O) groups excluding carboxylic acids is 2. The van der Waals surface area contributed by atoms with Crippen molar-refractivity contribution in [2.75, 3.05) is 0 Å². The van der Waals surface area contributed by atoms with Gasteiger partial charge in [-0.05, 0) is 26.3 Å². The molecule has 0 fully saturated rings. The van der Waals surface area contributed by atoms with E-state index in [-0.39, 0.29) is 11.6 Å². The fraction of sp³-hybridized carbons (Fsp3) is 0.200. The molecular weight excluding hydrogens is 226 g/mol. The number of allylic oxidation sites excluding steroid dienone is 2. The van der Waals surface area contributed by atoms with Gasteiger partial charge in [-0.3, -0.25) is 9.59 Å². The molecule has 1 aliphatic carbocycles. The van der Waals surface area contributed by atoms with E-state index in [0.29, 0.717) is 22.4 Å². The monoisotopic (exact) mass is 239 g/mol. The molecule has 0 radical (unpaired) electrons. The van der Waals surface area contributed by atoms with Crippen LogP contribution in [-0.2, 0) is 0 Å². The van der Waals surface area contributed by atoms with Crippen molar-refractivity contribution >= 4 is 22.5 Å². The summed E-state index contributed by atoms with van der Waals surface area (Å²) in [5, 5.41) is 0.843. The second kappa shape index (κ2) is 3.42. The van der Waals surface area contributed by atoms with Crippen molar-refractivity contribution < 1.29 is 9.59 Å². The predicted octanol–water partition coefficient (Wildman–Crippen LogP) is 3.19. The molecule has 0 unspecified atom stereocenters.